The lowest BCUT2D eigenvalue weighted by atomic mass is 9.78. The molecule has 88 valence electrons. The van der Waals surface area contributed by atoms with Crippen LogP contribution in [0.4, 0.5) is 0 Å². The van der Waals surface area contributed by atoms with Crippen LogP contribution in [0.5, 0.6) is 0 Å². The fraction of sp³-hybridized carbons (Fsp3) is 0.600. The number of hydrogen-bond donors (Lipinski definition) is 0. The van der Waals surface area contributed by atoms with Gasteiger partial charge in [-0.2, -0.15) is 0 Å². The van der Waals surface area contributed by atoms with Gasteiger partial charge in [0.25, 0.3) is 0 Å². The Morgan fingerprint density at radius 2 is 1.56 bits per heavy atom. The molecule has 1 aromatic carbocycles. The van der Waals surface area contributed by atoms with Gasteiger partial charge in [-0.25, -0.2) is 0 Å². The molecule has 16 heavy (non-hydrogen) atoms. The van der Waals surface area contributed by atoms with E-state index in [9.17, 15) is 0 Å². The zero-order valence-corrected chi connectivity index (χ0v) is 10.8. The second-order valence-electron chi connectivity index (χ2n) is 5.99. The Bertz CT molecular complexity index is 323. The van der Waals surface area contributed by atoms with Crippen molar-refractivity contribution in [2.45, 2.75) is 37.6 Å². The van der Waals surface area contributed by atoms with E-state index in [1.165, 1.54) is 25.7 Å². The van der Waals surface area contributed by atoms with Crippen LogP contribution >= 0.6 is 0 Å². The van der Waals surface area contributed by atoms with Crippen molar-refractivity contribution in [3.63, 3.8) is 0 Å². The minimum atomic E-state index is 0.759. The maximum atomic E-state index is 2.34. The van der Waals surface area contributed by atoms with E-state index in [1.807, 2.05) is 0 Å². The molecular formula is C15H24N+. The molecule has 1 fully saturated rings. The lowest BCUT2D eigenvalue weighted by Gasteiger charge is -2.42. The average molecular weight is 218 g/mol. The van der Waals surface area contributed by atoms with Gasteiger partial charge >= 0.3 is 0 Å². The first kappa shape index (κ1) is 11.7. The molecule has 0 amide bonds. The predicted octanol–water partition coefficient (Wildman–Crippen LogP) is 3.42. The highest BCUT2D eigenvalue weighted by molar-refractivity contribution is 5.21. The third-order valence-corrected chi connectivity index (χ3v) is 3.95. The molecule has 0 N–H and O–H groups in total. The molecule has 0 bridgehead atoms. The molecule has 1 aliphatic carbocycles. The highest BCUT2D eigenvalue weighted by Gasteiger charge is 2.35. The number of benzene rings is 1. The Balaban J connectivity index is 2.24. The van der Waals surface area contributed by atoms with Gasteiger partial charge in [0.15, 0.2) is 0 Å². The summed E-state index contributed by atoms with van der Waals surface area (Å²) in [6, 6.07) is 11.9. The van der Waals surface area contributed by atoms with Crippen molar-refractivity contribution in [1.82, 2.24) is 0 Å². The van der Waals surface area contributed by atoms with Gasteiger partial charge in [-0.05, 0) is 18.4 Å². The van der Waals surface area contributed by atoms with E-state index in [-0.39, 0.29) is 0 Å². The Labute approximate surface area is 99.7 Å². The fourth-order valence-corrected chi connectivity index (χ4v) is 3.13. The van der Waals surface area contributed by atoms with Gasteiger partial charge in [-0.15, -0.1) is 0 Å². The highest BCUT2D eigenvalue weighted by atomic mass is 15.3. The fourth-order valence-electron chi connectivity index (χ4n) is 3.13. The molecule has 2 rings (SSSR count). The maximum Gasteiger partial charge on any atom is 0.0953 e. The van der Waals surface area contributed by atoms with Gasteiger partial charge in [0.05, 0.1) is 27.2 Å². The van der Waals surface area contributed by atoms with Crippen LogP contribution in [-0.4, -0.2) is 31.7 Å². The summed E-state index contributed by atoms with van der Waals surface area (Å²) < 4.78 is 1.10. The van der Waals surface area contributed by atoms with Gasteiger partial charge in [-0.3, -0.25) is 0 Å². The second-order valence-corrected chi connectivity index (χ2v) is 5.99. The predicted molar refractivity (Wildman–Crippen MR) is 69.5 cm³/mol. The molecule has 2 unspecified atom stereocenters. The molecule has 1 aliphatic rings. The normalized spacial score (nSPS) is 26.7. The van der Waals surface area contributed by atoms with E-state index in [2.05, 4.69) is 51.5 Å². The molecule has 0 aliphatic heterocycles. The minimum Gasteiger partial charge on any atom is -0.328 e. The average Bonchev–Trinajstić information content (AvgIpc) is 2.29. The van der Waals surface area contributed by atoms with Crippen LogP contribution < -0.4 is 0 Å². The van der Waals surface area contributed by atoms with Crippen molar-refractivity contribution in [2.75, 3.05) is 21.1 Å². The third kappa shape index (κ3) is 2.46. The van der Waals surface area contributed by atoms with E-state index >= 15 is 0 Å². The summed E-state index contributed by atoms with van der Waals surface area (Å²) in [5.74, 6) is 0.759. The highest BCUT2D eigenvalue weighted by Crippen LogP contribution is 2.37. The Morgan fingerprint density at radius 1 is 0.938 bits per heavy atom. The zero-order chi connectivity index (χ0) is 11.6. The second kappa shape index (κ2) is 4.58. The van der Waals surface area contributed by atoms with Crippen molar-refractivity contribution in [3.05, 3.63) is 35.9 Å². The first-order valence-electron chi connectivity index (χ1n) is 6.45. The van der Waals surface area contributed by atoms with Crippen molar-refractivity contribution >= 4 is 0 Å². The zero-order valence-electron chi connectivity index (χ0n) is 10.8. The van der Waals surface area contributed by atoms with Crippen LogP contribution in [0.3, 0.4) is 0 Å². The quantitative estimate of drug-likeness (QED) is 0.667. The molecule has 1 saturated carbocycles. The summed E-state index contributed by atoms with van der Waals surface area (Å²) in [6.45, 7) is 0. The summed E-state index contributed by atoms with van der Waals surface area (Å²) in [7, 11) is 7.02. The summed E-state index contributed by atoms with van der Waals surface area (Å²) in [5.41, 5.74) is 1.54. The van der Waals surface area contributed by atoms with Gasteiger partial charge in [-0.1, -0.05) is 36.8 Å². The Morgan fingerprint density at radius 3 is 2.19 bits per heavy atom. The van der Waals surface area contributed by atoms with Gasteiger partial charge in [0.1, 0.15) is 0 Å². The van der Waals surface area contributed by atoms with Gasteiger partial charge in [0.2, 0.25) is 0 Å². The van der Waals surface area contributed by atoms with Crippen LogP contribution in [0.2, 0.25) is 0 Å². The number of quaternary nitrogens is 1. The van der Waals surface area contributed by atoms with Crippen LogP contribution in [0.1, 0.15) is 37.2 Å². The van der Waals surface area contributed by atoms with Crippen molar-refractivity contribution in [2.24, 2.45) is 0 Å². The number of hydrogen-bond acceptors (Lipinski definition) is 0. The summed E-state index contributed by atoms with van der Waals surface area (Å²) >= 11 is 0. The topological polar surface area (TPSA) is 0 Å². The minimum absolute atomic E-state index is 0.759. The SMILES string of the molecule is C[N+](C)(C)C1CCCCC1c1ccccc1. The Kier molecular flexibility index (Phi) is 3.34. The largest absolute Gasteiger partial charge is 0.328 e. The van der Waals surface area contributed by atoms with Crippen LogP contribution in [0.15, 0.2) is 30.3 Å². The van der Waals surface area contributed by atoms with E-state index in [4.69, 9.17) is 0 Å². The molecular weight excluding hydrogens is 194 g/mol. The molecule has 0 aromatic heterocycles. The third-order valence-electron chi connectivity index (χ3n) is 3.95. The first-order valence-corrected chi connectivity index (χ1v) is 6.45. The van der Waals surface area contributed by atoms with E-state index in [0.29, 0.717) is 0 Å². The van der Waals surface area contributed by atoms with E-state index in [0.717, 1.165) is 16.4 Å². The van der Waals surface area contributed by atoms with E-state index < -0.39 is 0 Å². The molecule has 0 heterocycles. The Hall–Kier alpha value is -0.820. The smallest absolute Gasteiger partial charge is 0.0953 e. The molecule has 0 radical (unpaired) electrons. The van der Waals surface area contributed by atoms with Gasteiger partial charge < -0.3 is 4.48 Å². The number of likely N-dealkylation sites (N-methyl/N-ethyl adjacent to an activating group) is 1. The maximum absolute atomic E-state index is 2.34. The standard InChI is InChI=1S/C15H24N/c1-16(2,3)15-12-8-7-11-14(15)13-9-5-4-6-10-13/h4-6,9-10,14-15H,7-8,11-12H2,1-3H3/q+1. The molecule has 0 spiro atoms. The van der Waals surface area contributed by atoms with Crippen LogP contribution in [-0.2, 0) is 0 Å². The molecule has 1 nitrogen and oxygen atoms in total. The number of nitrogens with zero attached hydrogens (tertiary/aromatic N) is 1. The monoisotopic (exact) mass is 218 g/mol. The lowest BCUT2D eigenvalue weighted by Crippen LogP contribution is -2.49. The van der Waals surface area contributed by atoms with Crippen LogP contribution in [0.25, 0.3) is 0 Å². The van der Waals surface area contributed by atoms with E-state index in [1.54, 1.807) is 5.56 Å². The lowest BCUT2D eigenvalue weighted by molar-refractivity contribution is -0.899. The first-order chi connectivity index (χ1) is 7.59. The van der Waals surface area contributed by atoms with Crippen molar-refractivity contribution in [3.8, 4) is 0 Å². The van der Waals surface area contributed by atoms with Crippen molar-refractivity contribution < 1.29 is 4.48 Å². The summed E-state index contributed by atoms with van der Waals surface area (Å²) in [4.78, 5) is 0. The number of rotatable bonds is 2. The van der Waals surface area contributed by atoms with Gasteiger partial charge in [0, 0.05) is 12.3 Å². The molecule has 0 saturated heterocycles. The molecule has 1 aromatic rings. The summed E-state index contributed by atoms with van der Waals surface area (Å²) in [6.07, 6.45) is 5.55. The van der Waals surface area contributed by atoms with Crippen molar-refractivity contribution in [1.29, 1.82) is 0 Å². The van der Waals surface area contributed by atoms with Crippen LogP contribution in [0, 0.1) is 0 Å². The molecule has 2 atom stereocenters. The summed E-state index contributed by atoms with van der Waals surface area (Å²) in [5, 5.41) is 0. The molecule has 1 heteroatoms.